The van der Waals surface area contributed by atoms with Crippen LogP contribution in [0.2, 0.25) is 0 Å². The molecule has 1 atom stereocenters. The zero-order chi connectivity index (χ0) is 10.6. The van der Waals surface area contributed by atoms with Crippen molar-refractivity contribution in [3.8, 4) is 0 Å². The molecule has 1 aromatic heterocycles. The number of nitrogen functional groups attached to an aromatic ring is 1. The number of aromatic amines is 1. The van der Waals surface area contributed by atoms with E-state index < -0.39 is 10.8 Å². The van der Waals surface area contributed by atoms with Crippen molar-refractivity contribution in [3.05, 3.63) is 22.6 Å². The van der Waals surface area contributed by atoms with Gasteiger partial charge in [0.1, 0.15) is 5.69 Å². The fourth-order valence-electron chi connectivity index (χ4n) is 0.974. The summed E-state index contributed by atoms with van der Waals surface area (Å²) in [5.41, 5.74) is 5.95. The standard InChI is InChI=1S/C8H13N3O2S/c1-14(13)5-4-10-6-2-3-11-8(12)7(6)9/h2-3H,4-5,9H2,1H3,(H2,10,11,12). The molecule has 0 fully saturated rings. The fraction of sp³-hybridized carbons (Fsp3) is 0.375. The van der Waals surface area contributed by atoms with Gasteiger partial charge in [-0.25, -0.2) is 0 Å². The van der Waals surface area contributed by atoms with Crippen LogP contribution in [-0.4, -0.2) is 27.7 Å². The molecule has 0 radical (unpaired) electrons. The molecule has 6 heteroatoms. The van der Waals surface area contributed by atoms with Crippen LogP contribution in [0.1, 0.15) is 0 Å². The Bertz CT molecular complexity index is 388. The normalized spacial score (nSPS) is 12.4. The van der Waals surface area contributed by atoms with E-state index in [1.807, 2.05) is 0 Å². The van der Waals surface area contributed by atoms with Crippen LogP contribution in [0.15, 0.2) is 17.1 Å². The Morgan fingerprint density at radius 2 is 2.36 bits per heavy atom. The summed E-state index contributed by atoms with van der Waals surface area (Å²) in [5.74, 6) is 0.534. The second-order valence-electron chi connectivity index (χ2n) is 2.84. The van der Waals surface area contributed by atoms with Crippen LogP contribution in [0.25, 0.3) is 0 Å². The molecule has 0 saturated carbocycles. The maximum absolute atomic E-state index is 11.1. The molecule has 0 bridgehead atoms. The highest BCUT2D eigenvalue weighted by Gasteiger charge is 2.01. The zero-order valence-corrected chi connectivity index (χ0v) is 8.69. The Hall–Kier alpha value is -1.30. The molecule has 0 amide bonds. The number of hydrogen-bond donors (Lipinski definition) is 3. The average molecular weight is 215 g/mol. The van der Waals surface area contributed by atoms with Crippen LogP contribution in [0.5, 0.6) is 0 Å². The first kappa shape index (κ1) is 10.8. The smallest absolute Gasteiger partial charge is 0.273 e. The van der Waals surface area contributed by atoms with Crippen molar-refractivity contribution >= 4 is 22.2 Å². The quantitative estimate of drug-likeness (QED) is 0.646. The van der Waals surface area contributed by atoms with Crippen molar-refractivity contribution in [1.82, 2.24) is 4.98 Å². The van der Waals surface area contributed by atoms with Crippen LogP contribution in [-0.2, 0) is 10.8 Å². The predicted molar refractivity (Wildman–Crippen MR) is 58.9 cm³/mol. The van der Waals surface area contributed by atoms with E-state index >= 15 is 0 Å². The second kappa shape index (κ2) is 4.80. The number of hydrogen-bond acceptors (Lipinski definition) is 4. The minimum atomic E-state index is -0.840. The van der Waals surface area contributed by atoms with E-state index in [1.165, 1.54) is 6.20 Å². The van der Waals surface area contributed by atoms with Gasteiger partial charge in [0.05, 0.1) is 5.69 Å². The van der Waals surface area contributed by atoms with Gasteiger partial charge in [0.2, 0.25) is 0 Å². The highest BCUT2D eigenvalue weighted by atomic mass is 32.2. The van der Waals surface area contributed by atoms with Crippen molar-refractivity contribution in [2.24, 2.45) is 0 Å². The molecule has 0 spiro atoms. The van der Waals surface area contributed by atoms with Gasteiger partial charge in [-0.1, -0.05) is 0 Å². The summed E-state index contributed by atoms with van der Waals surface area (Å²) in [6, 6.07) is 1.68. The Morgan fingerprint density at radius 3 is 3.00 bits per heavy atom. The summed E-state index contributed by atoms with van der Waals surface area (Å²) >= 11 is 0. The van der Waals surface area contributed by atoms with E-state index in [1.54, 1.807) is 12.3 Å². The van der Waals surface area contributed by atoms with Crippen LogP contribution < -0.4 is 16.6 Å². The second-order valence-corrected chi connectivity index (χ2v) is 4.39. The lowest BCUT2D eigenvalue weighted by Crippen LogP contribution is -2.16. The first-order chi connectivity index (χ1) is 6.61. The number of aromatic nitrogens is 1. The average Bonchev–Trinajstić information content (AvgIpc) is 2.12. The minimum Gasteiger partial charge on any atom is -0.393 e. The van der Waals surface area contributed by atoms with E-state index in [0.29, 0.717) is 18.0 Å². The van der Waals surface area contributed by atoms with E-state index in [2.05, 4.69) is 10.3 Å². The van der Waals surface area contributed by atoms with E-state index in [9.17, 15) is 9.00 Å². The van der Waals surface area contributed by atoms with E-state index in [0.717, 1.165) is 0 Å². The molecule has 0 aliphatic carbocycles. The monoisotopic (exact) mass is 215 g/mol. The van der Waals surface area contributed by atoms with Gasteiger partial charge in [-0.15, -0.1) is 0 Å². The van der Waals surface area contributed by atoms with Gasteiger partial charge in [0, 0.05) is 35.5 Å². The topological polar surface area (TPSA) is 88.0 Å². The summed E-state index contributed by atoms with van der Waals surface area (Å²) in [5, 5.41) is 2.95. The minimum absolute atomic E-state index is 0.161. The highest BCUT2D eigenvalue weighted by Crippen LogP contribution is 2.10. The Labute approximate surface area is 84.2 Å². The Balaban J connectivity index is 2.63. The predicted octanol–water partition coefficient (Wildman–Crippen LogP) is -0.253. The zero-order valence-electron chi connectivity index (χ0n) is 7.87. The molecule has 5 nitrogen and oxygen atoms in total. The van der Waals surface area contributed by atoms with Gasteiger partial charge in [0.25, 0.3) is 5.56 Å². The molecule has 0 saturated heterocycles. The molecule has 1 unspecified atom stereocenters. The maximum atomic E-state index is 11.1. The number of H-pyrrole nitrogens is 1. The van der Waals surface area contributed by atoms with Crippen molar-refractivity contribution in [1.29, 1.82) is 0 Å². The number of anilines is 2. The Morgan fingerprint density at radius 1 is 1.64 bits per heavy atom. The van der Waals surface area contributed by atoms with E-state index in [4.69, 9.17) is 5.73 Å². The summed E-state index contributed by atoms with van der Waals surface area (Å²) in [7, 11) is -0.840. The highest BCUT2D eigenvalue weighted by molar-refractivity contribution is 7.84. The van der Waals surface area contributed by atoms with Crippen molar-refractivity contribution in [2.75, 3.05) is 29.6 Å². The van der Waals surface area contributed by atoms with Gasteiger partial charge in [-0.3, -0.25) is 9.00 Å². The molecule has 4 N–H and O–H groups in total. The van der Waals surface area contributed by atoms with Crippen LogP contribution in [0, 0.1) is 0 Å². The summed E-state index contributed by atoms with van der Waals surface area (Å²) < 4.78 is 10.8. The summed E-state index contributed by atoms with van der Waals surface area (Å²) in [6.45, 7) is 0.538. The first-order valence-electron chi connectivity index (χ1n) is 4.12. The van der Waals surface area contributed by atoms with Crippen molar-refractivity contribution in [3.63, 3.8) is 0 Å². The molecule has 1 rings (SSSR count). The number of rotatable bonds is 4. The SMILES string of the molecule is CS(=O)CCNc1cc[nH]c(=O)c1N. The molecule has 0 aliphatic heterocycles. The summed E-state index contributed by atoms with van der Waals surface area (Å²) in [6.07, 6.45) is 3.15. The van der Waals surface area contributed by atoms with E-state index in [-0.39, 0.29) is 11.2 Å². The van der Waals surface area contributed by atoms with Crippen LogP contribution in [0.3, 0.4) is 0 Å². The van der Waals surface area contributed by atoms with Gasteiger partial charge < -0.3 is 16.0 Å². The number of nitrogens with two attached hydrogens (primary N) is 1. The molecule has 1 heterocycles. The third-order valence-corrected chi connectivity index (χ3v) is 2.48. The molecule has 0 aliphatic rings. The van der Waals surface area contributed by atoms with Gasteiger partial charge >= 0.3 is 0 Å². The molecular formula is C8H13N3O2S. The van der Waals surface area contributed by atoms with Crippen LogP contribution in [0.4, 0.5) is 11.4 Å². The molecular weight excluding hydrogens is 202 g/mol. The lowest BCUT2D eigenvalue weighted by atomic mass is 10.3. The van der Waals surface area contributed by atoms with Crippen molar-refractivity contribution in [2.45, 2.75) is 0 Å². The molecule has 14 heavy (non-hydrogen) atoms. The maximum Gasteiger partial charge on any atom is 0.273 e. The first-order valence-corrected chi connectivity index (χ1v) is 5.85. The van der Waals surface area contributed by atoms with Crippen LogP contribution >= 0.6 is 0 Å². The lowest BCUT2D eigenvalue weighted by molar-refractivity contribution is 0.687. The molecule has 1 aromatic rings. The molecule has 0 aromatic carbocycles. The van der Waals surface area contributed by atoms with Crippen molar-refractivity contribution < 1.29 is 4.21 Å². The van der Waals surface area contributed by atoms with Gasteiger partial charge in [-0.05, 0) is 6.07 Å². The largest absolute Gasteiger partial charge is 0.393 e. The van der Waals surface area contributed by atoms with Gasteiger partial charge in [-0.2, -0.15) is 0 Å². The van der Waals surface area contributed by atoms with Gasteiger partial charge in [0.15, 0.2) is 0 Å². The fourth-order valence-corrected chi connectivity index (χ4v) is 1.36. The number of pyridine rings is 1. The number of nitrogens with one attached hydrogen (secondary N) is 2. The third kappa shape index (κ3) is 2.88. The summed E-state index contributed by atoms with van der Waals surface area (Å²) in [4.78, 5) is 13.5. The Kier molecular flexibility index (Phi) is 3.70. The molecule has 78 valence electrons. The lowest BCUT2D eigenvalue weighted by Gasteiger charge is -2.06. The third-order valence-electron chi connectivity index (χ3n) is 1.70.